The number of fused-ring (bicyclic) bond motifs is 2. The van der Waals surface area contributed by atoms with Crippen molar-refractivity contribution in [3.63, 3.8) is 0 Å². The number of rotatable bonds is 4. The Balaban J connectivity index is 1.50. The Hall–Kier alpha value is -2.75. The van der Waals surface area contributed by atoms with Crippen molar-refractivity contribution in [2.75, 3.05) is 11.4 Å². The summed E-state index contributed by atoms with van der Waals surface area (Å²) in [5, 5.41) is 1.26. The molecule has 2 heterocycles. The molecular weight excluding hydrogens is 346 g/mol. The first kappa shape index (κ1) is 17.4. The zero-order chi connectivity index (χ0) is 19.1. The van der Waals surface area contributed by atoms with Gasteiger partial charge in [0.25, 0.3) is 6.01 Å². The van der Waals surface area contributed by atoms with Crippen LogP contribution in [0.25, 0.3) is 33.1 Å². The van der Waals surface area contributed by atoms with Gasteiger partial charge in [0.05, 0.1) is 0 Å². The van der Waals surface area contributed by atoms with Crippen LogP contribution in [0.4, 0.5) is 6.01 Å². The van der Waals surface area contributed by atoms with Crippen LogP contribution >= 0.6 is 0 Å². The van der Waals surface area contributed by atoms with Gasteiger partial charge in [0, 0.05) is 36.7 Å². The van der Waals surface area contributed by atoms with Crippen LogP contribution in [0.5, 0.6) is 0 Å². The SMILES string of the molecule is CCN(c1nc2cc(-c3ccc4c(ccn4C)c3)ccc2o1)C1CCCCC1. The van der Waals surface area contributed by atoms with Gasteiger partial charge in [-0.3, -0.25) is 0 Å². The molecule has 1 saturated carbocycles. The normalized spacial score (nSPS) is 15.5. The van der Waals surface area contributed by atoms with Gasteiger partial charge < -0.3 is 13.9 Å². The van der Waals surface area contributed by atoms with Crippen molar-refractivity contribution in [3.8, 4) is 11.1 Å². The molecule has 0 aliphatic heterocycles. The molecule has 0 bridgehead atoms. The summed E-state index contributed by atoms with van der Waals surface area (Å²) in [6, 6.07) is 16.5. The second-order valence-corrected chi connectivity index (χ2v) is 7.96. The van der Waals surface area contributed by atoms with Gasteiger partial charge in [0.1, 0.15) is 5.52 Å². The van der Waals surface area contributed by atoms with Crippen LogP contribution in [0.15, 0.2) is 53.1 Å². The van der Waals surface area contributed by atoms with Crippen molar-refractivity contribution in [3.05, 3.63) is 48.7 Å². The summed E-state index contributed by atoms with van der Waals surface area (Å²) in [5.41, 5.74) is 5.45. The van der Waals surface area contributed by atoms with Crippen molar-refractivity contribution < 1.29 is 4.42 Å². The number of anilines is 1. The molecule has 4 nitrogen and oxygen atoms in total. The molecule has 4 heteroatoms. The molecule has 1 fully saturated rings. The minimum atomic E-state index is 0.562. The summed E-state index contributed by atoms with van der Waals surface area (Å²) >= 11 is 0. The Labute approximate surface area is 165 Å². The molecule has 5 rings (SSSR count). The van der Waals surface area contributed by atoms with Crippen molar-refractivity contribution in [1.82, 2.24) is 9.55 Å². The van der Waals surface area contributed by atoms with Gasteiger partial charge in [-0.15, -0.1) is 0 Å². The average molecular weight is 374 g/mol. The number of aromatic nitrogens is 2. The Morgan fingerprint density at radius 1 is 1.04 bits per heavy atom. The first-order chi connectivity index (χ1) is 13.7. The van der Waals surface area contributed by atoms with Gasteiger partial charge in [-0.1, -0.05) is 31.4 Å². The van der Waals surface area contributed by atoms with Gasteiger partial charge in [-0.25, -0.2) is 0 Å². The quantitative estimate of drug-likeness (QED) is 0.430. The number of nitrogens with zero attached hydrogens (tertiary/aromatic N) is 3. The van der Waals surface area contributed by atoms with Gasteiger partial charge in [-0.2, -0.15) is 4.98 Å². The van der Waals surface area contributed by atoms with Crippen LogP contribution in [-0.2, 0) is 7.05 Å². The van der Waals surface area contributed by atoms with Crippen molar-refractivity contribution in [2.45, 2.75) is 45.1 Å². The molecule has 1 aliphatic carbocycles. The lowest BCUT2D eigenvalue weighted by Gasteiger charge is -2.32. The van der Waals surface area contributed by atoms with Crippen LogP contribution in [-0.4, -0.2) is 22.1 Å². The summed E-state index contributed by atoms with van der Waals surface area (Å²) in [5.74, 6) is 0. The van der Waals surface area contributed by atoms with Crippen LogP contribution < -0.4 is 4.90 Å². The van der Waals surface area contributed by atoms with Gasteiger partial charge in [0.15, 0.2) is 5.58 Å². The van der Waals surface area contributed by atoms with Gasteiger partial charge in [0.2, 0.25) is 0 Å². The number of hydrogen-bond acceptors (Lipinski definition) is 3. The lowest BCUT2D eigenvalue weighted by Crippen LogP contribution is -2.36. The minimum absolute atomic E-state index is 0.562. The van der Waals surface area contributed by atoms with E-state index >= 15 is 0 Å². The third-order valence-electron chi connectivity index (χ3n) is 6.20. The molecule has 0 unspecified atom stereocenters. The van der Waals surface area contributed by atoms with E-state index in [1.54, 1.807) is 0 Å². The maximum atomic E-state index is 6.15. The molecule has 144 valence electrons. The molecule has 0 spiro atoms. The zero-order valence-electron chi connectivity index (χ0n) is 16.7. The predicted molar refractivity (Wildman–Crippen MR) is 116 cm³/mol. The fourth-order valence-electron chi connectivity index (χ4n) is 4.62. The predicted octanol–water partition coefficient (Wildman–Crippen LogP) is 6.15. The summed E-state index contributed by atoms with van der Waals surface area (Å²) in [6.07, 6.45) is 8.58. The van der Waals surface area contributed by atoms with Gasteiger partial charge >= 0.3 is 0 Å². The van der Waals surface area contributed by atoms with Crippen LogP contribution in [0.1, 0.15) is 39.0 Å². The first-order valence-corrected chi connectivity index (χ1v) is 10.5. The summed E-state index contributed by atoms with van der Waals surface area (Å²) in [6.45, 7) is 3.14. The molecule has 28 heavy (non-hydrogen) atoms. The van der Waals surface area contributed by atoms with Crippen molar-refractivity contribution >= 4 is 28.0 Å². The lowest BCUT2D eigenvalue weighted by atomic mass is 9.94. The van der Waals surface area contributed by atoms with E-state index in [-0.39, 0.29) is 0 Å². The van der Waals surface area contributed by atoms with Crippen LogP contribution in [0.2, 0.25) is 0 Å². The Kier molecular flexibility index (Phi) is 4.34. The van der Waals surface area contributed by atoms with E-state index in [0.29, 0.717) is 6.04 Å². The van der Waals surface area contributed by atoms with Crippen molar-refractivity contribution in [2.24, 2.45) is 7.05 Å². The number of hydrogen-bond donors (Lipinski definition) is 0. The van der Waals surface area contributed by atoms with Crippen molar-refractivity contribution in [1.29, 1.82) is 0 Å². The van der Waals surface area contributed by atoms with Crippen LogP contribution in [0.3, 0.4) is 0 Å². The fraction of sp³-hybridized carbons (Fsp3) is 0.375. The Morgan fingerprint density at radius 3 is 2.64 bits per heavy atom. The molecule has 2 aromatic heterocycles. The topological polar surface area (TPSA) is 34.2 Å². The monoisotopic (exact) mass is 373 g/mol. The maximum Gasteiger partial charge on any atom is 0.298 e. The minimum Gasteiger partial charge on any atom is -0.423 e. The van der Waals surface area contributed by atoms with E-state index in [0.717, 1.165) is 23.7 Å². The van der Waals surface area contributed by atoms with Gasteiger partial charge in [-0.05, 0) is 61.2 Å². The molecule has 1 aliphatic rings. The van der Waals surface area contributed by atoms with E-state index in [4.69, 9.17) is 9.40 Å². The maximum absolute atomic E-state index is 6.15. The average Bonchev–Trinajstić information content (AvgIpc) is 3.32. The van der Waals surface area contributed by atoms with Crippen LogP contribution in [0, 0.1) is 0 Å². The molecule has 0 saturated heterocycles. The van der Waals surface area contributed by atoms with E-state index in [1.807, 2.05) is 0 Å². The summed E-state index contributed by atoms with van der Waals surface area (Å²) in [4.78, 5) is 7.22. The highest BCUT2D eigenvalue weighted by Crippen LogP contribution is 2.32. The second-order valence-electron chi connectivity index (χ2n) is 7.96. The van der Waals surface area contributed by atoms with E-state index in [2.05, 4.69) is 72.1 Å². The molecular formula is C24H27N3O. The summed E-state index contributed by atoms with van der Waals surface area (Å²) < 4.78 is 8.30. The second kappa shape index (κ2) is 7.01. The highest BCUT2D eigenvalue weighted by molar-refractivity contribution is 5.88. The number of oxazole rings is 1. The molecule has 0 radical (unpaired) electrons. The van der Waals surface area contributed by atoms with E-state index in [1.165, 1.54) is 54.1 Å². The first-order valence-electron chi connectivity index (χ1n) is 10.5. The Morgan fingerprint density at radius 2 is 1.82 bits per heavy atom. The molecule has 0 atom stereocenters. The molecule has 2 aromatic carbocycles. The smallest absolute Gasteiger partial charge is 0.298 e. The largest absolute Gasteiger partial charge is 0.423 e. The number of benzene rings is 2. The Bertz CT molecular complexity index is 1120. The molecule has 4 aromatic rings. The summed E-state index contributed by atoms with van der Waals surface area (Å²) in [7, 11) is 2.08. The highest BCUT2D eigenvalue weighted by Gasteiger charge is 2.24. The number of aryl methyl sites for hydroxylation is 1. The molecule has 0 N–H and O–H groups in total. The standard InChI is InChI=1S/C24H27N3O/c1-3-27(20-7-5-4-6-8-20)24-25-21-16-18(10-12-23(21)28-24)17-9-11-22-19(15-17)13-14-26(22)2/h9-16,20H,3-8H2,1-2H3. The van der Waals surface area contributed by atoms with E-state index < -0.39 is 0 Å². The molecule has 0 amide bonds. The third kappa shape index (κ3) is 2.97. The van der Waals surface area contributed by atoms with E-state index in [9.17, 15) is 0 Å². The third-order valence-corrected chi connectivity index (χ3v) is 6.20. The fourth-order valence-corrected chi connectivity index (χ4v) is 4.62. The zero-order valence-corrected chi connectivity index (χ0v) is 16.7. The highest BCUT2D eigenvalue weighted by atomic mass is 16.4. The lowest BCUT2D eigenvalue weighted by molar-refractivity contribution is 0.398.